The van der Waals surface area contributed by atoms with Gasteiger partial charge in [-0.2, -0.15) is 4.31 Å². The maximum absolute atomic E-state index is 12.9. The van der Waals surface area contributed by atoms with Gasteiger partial charge in [-0.3, -0.25) is 4.79 Å². The molecular weight excluding hydrogens is 436 g/mol. The van der Waals surface area contributed by atoms with E-state index >= 15 is 0 Å². The first-order valence-electron chi connectivity index (χ1n) is 10.5. The lowest BCUT2D eigenvalue weighted by Gasteiger charge is -2.20. The number of ether oxygens (including phenoxy) is 1. The van der Waals surface area contributed by atoms with Crippen molar-refractivity contribution in [3.8, 4) is 5.75 Å². The van der Waals surface area contributed by atoms with E-state index in [1.54, 1.807) is 35.5 Å². The largest absolute Gasteiger partial charge is 0.481 e. The Morgan fingerprint density at radius 3 is 2.13 bits per heavy atom. The van der Waals surface area contributed by atoms with Gasteiger partial charge in [0.25, 0.3) is 5.91 Å². The first-order valence-corrected chi connectivity index (χ1v) is 12.3. The van der Waals surface area contributed by atoms with E-state index in [1.165, 1.54) is 12.1 Å². The summed E-state index contributed by atoms with van der Waals surface area (Å²) in [5.41, 5.74) is 2.27. The first-order chi connectivity index (χ1) is 14.7. The van der Waals surface area contributed by atoms with Gasteiger partial charge < -0.3 is 10.1 Å². The van der Waals surface area contributed by atoms with Crippen LogP contribution in [0.15, 0.2) is 41.3 Å². The Bertz CT molecular complexity index is 1010. The van der Waals surface area contributed by atoms with Crippen LogP contribution in [0.2, 0.25) is 5.02 Å². The van der Waals surface area contributed by atoms with E-state index in [-0.39, 0.29) is 10.8 Å². The van der Waals surface area contributed by atoms with E-state index in [4.69, 9.17) is 16.3 Å². The smallest absolute Gasteiger partial charge is 0.265 e. The maximum atomic E-state index is 12.9. The van der Waals surface area contributed by atoms with E-state index in [0.29, 0.717) is 29.5 Å². The zero-order valence-electron chi connectivity index (χ0n) is 18.2. The van der Waals surface area contributed by atoms with Crippen molar-refractivity contribution < 1.29 is 17.9 Å². The molecule has 1 unspecified atom stereocenters. The van der Waals surface area contributed by atoms with Crippen molar-refractivity contribution in [2.45, 2.75) is 57.5 Å². The molecule has 0 bridgehead atoms. The molecule has 1 amide bonds. The van der Waals surface area contributed by atoms with E-state index < -0.39 is 16.1 Å². The van der Waals surface area contributed by atoms with Crippen molar-refractivity contribution in [3.63, 3.8) is 0 Å². The number of hydrogen-bond acceptors (Lipinski definition) is 4. The van der Waals surface area contributed by atoms with E-state index in [2.05, 4.69) is 5.32 Å². The fourth-order valence-electron chi connectivity index (χ4n) is 3.62. The standard InChI is InChI=1S/C23H29ClN2O4S/c1-16-14-20(15-17(2)22(16)24)30-18(3)23(27)25-19-8-10-21(11-9-19)31(28,29)26-12-6-4-5-7-13-26/h8-11,14-15,18H,4-7,12-13H2,1-3H3,(H,25,27). The lowest BCUT2D eigenvalue weighted by molar-refractivity contribution is -0.122. The number of carbonyl (C=O) groups excluding carboxylic acids is 1. The Morgan fingerprint density at radius 2 is 1.58 bits per heavy atom. The summed E-state index contributed by atoms with van der Waals surface area (Å²) in [6, 6.07) is 9.86. The highest BCUT2D eigenvalue weighted by Crippen LogP contribution is 2.27. The van der Waals surface area contributed by atoms with Crippen molar-refractivity contribution in [2.75, 3.05) is 18.4 Å². The van der Waals surface area contributed by atoms with Crippen LogP contribution in [0.4, 0.5) is 5.69 Å². The van der Waals surface area contributed by atoms with Gasteiger partial charge in [-0.1, -0.05) is 24.4 Å². The number of halogens is 1. The predicted molar refractivity (Wildman–Crippen MR) is 123 cm³/mol. The van der Waals surface area contributed by atoms with Crippen molar-refractivity contribution in [3.05, 3.63) is 52.5 Å². The molecule has 1 fully saturated rings. The van der Waals surface area contributed by atoms with Crippen LogP contribution in [0, 0.1) is 13.8 Å². The highest BCUT2D eigenvalue weighted by atomic mass is 35.5. The summed E-state index contributed by atoms with van der Waals surface area (Å²) in [5, 5.41) is 3.45. The Kier molecular flexibility index (Phi) is 7.62. The average Bonchev–Trinajstić information content (AvgIpc) is 3.02. The van der Waals surface area contributed by atoms with Gasteiger partial charge in [-0.25, -0.2) is 8.42 Å². The maximum Gasteiger partial charge on any atom is 0.265 e. The van der Waals surface area contributed by atoms with Crippen molar-refractivity contribution >= 4 is 33.2 Å². The minimum atomic E-state index is -3.51. The van der Waals surface area contributed by atoms with E-state index in [0.717, 1.165) is 36.8 Å². The summed E-state index contributed by atoms with van der Waals surface area (Å²) in [5.74, 6) is 0.245. The number of nitrogens with one attached hydrogen (secondary N) is 1. The molecule has 6 nitrogen and oxygen atoms in total. The second-order valence-corrected chi connectivity index (χ2v) is 10.3. The third kappa shape index (κ3) is 5.79. The molecule has 1 aliphatic rings. The molecule has 1 atom stereocenters. The quantitative estimate of drug-likeness (QED) is 0.657. The molecule has 1 heterocycles. The molecule has 1 aliphatic heterocycles. The van der Waals surface area contributed by atoms with Gasteiger partial charge in [0.05, 0.1) is 4.90 Å². The predicted octanol–water partition coefficient (Wildman–Crippen LogP) is 4.93. The molecule has 0 radical (unpaired) electrons. The summed E-state index contributed by atoms with van der Waals surface area (Å²) in [6.07, 6.45) is 3.16. The summed E-state index contributed by atoms with van der Waals surface area (Å²) in [7, 11) is -3.51. The summed E-state index contributed by atoms with van der Waals surface area (Å²) in [4.78, 5) is 12.8. The molecule has 2 aromatic carbocycles. The van der Waals surface area contributed by atoms with Crippen molar-refractivity contribution in [1.82, 2.24) is 4.31 Å². The third-order valence-corrected chi connectivity index (χ3v) is 7.93. The van der Waals surface area contributed by atoms with Gasteiger partial charge in [0.2, 0.25) is 10.0 Å². The zero-order chi connectivity index (χ0) is 22.6. The molecule has 0 aliphatic carbocycles. The lowest BCUT2D eigenvalue weighted by Crippen LogP contribution is -2.32. The summed E-state index contributed by atoms with van der Waals surface area (Å²) in [6.45, 7) is 6.54. The Morgan fingerprint density at radius 1 is 1.03 bits per heavy atom. The molecular formula is C23H29ClN2O4S. The molecule has 0 spiro atoms. The molecule has 1 saturated heterocycles. The third-order valence-electron chi connectivity index (χ3n) is 5.42. The molecule has 3 rings (SSSR count). The Labute approximate surface area is 189 Å². The number of anilines is 1. The highest BCUT2D eigenvalue weighted by molar-refractivity contribution is 7.89. The highest BCUT2D eigenvalue weighted by Gasteiger charge is 2.25. The first kappa shape index (κ1) is 23.6. The molecule has 8 heteroatoms. The van der Waals surface area contributed by atoms with Crippen LogP contribution in [0.5, 0.6) is 5.75 Å². The summed E-state index contributed by atoms with van der Waals surface area (Å²) >= 11 is 6.18. The zero-order valence-corrected chi connectivity index (χ0v) is 19.7. The Balaban J connectivity index is 1.64. The van der Waals surface area contributed by atoms with E-state index in [9.17, 15) is 13.2 Å². The average molecular weight is 465 g/mol. The second kappa shape index (κ2) is 10.0. The number of rotatable bonds is 6. The van der Waals surface area contributed by atoms with Crippen molar-refractivity contribution in [1.29, 1.82) is 0 Å². The fourth-order valence-corrected chi connectivity index (χ4v) is 5.24. The van der Waals surface area contributed by atoms with Crippen LogP contribution < -0.4 is 10.1 Å². The molecule has 2 aromatic rings. The van der Waals surface area contributed by atoms with Gasteiger partial charge >= 0.3 is 0 Å². The van der Waals surface area contributed by atoms with Gasteiger partial charge in [0.1, 0.15) is 5.75 Å². The van der Waals surface area contributed by atoms with Crippen LogP contribution in [0.3, 0.4) is 0 Å². The normalized spacial score (nSPS) is 16.4. The number of sulfonamides is 1. The van der Waals surface area contributed by atoms with E-state index in [1.807, 2.05) is 13.8 Å². The lowest BCUT2D eigenvalue weighted by atomic mass is 10.1. The number of hydrogen-bond donors (Lipinski definition) is 1. The number of aryl methyl sites for hydroxylation is 2. The fraction of sp³-hybridized carbons (Fsp3) is 0.435. The monoisotopic (exact) mass is 464 g/mol. The summed E-state index contributed by atoms with van der Waals surface area (Å²) < 4.78 is 33.1. The topological polar surface area (TPSA) is 75.7 Å². The van der Waals surface area contributed by atoms with Crippen LogP contribution in [0.25, 0.3) is 0 Å². The molecule has 31 heavy (non-hydrogen) atoms. The number of carbonyl (C=O) groups is 1. The van der Waals surface area contributed by atoms with Crippen LogP contribution in [-0.4, -0.2) is 37.8 Å². The SMILES string of the molecule is Cc1cc(OC(C)C(=O)Nc2ccc(S(=O)(=O)N3CCCCCC3)cc2)cc(C)c1Cl. The second-order valence-electron chi connectivity index (χ2n) is 7.96. The van der Waals surface area contributed by atoms with Gasteiger partial charge in [-0.05, 0) is 81.1 Å². The molecule has 1 N–H and O–H groups in total. The minimum Gasteiger partial charge on any atom is -0.481 e. The van der Waals surface area contributed by atoms with Crippen molar-refractivity contribution in [2.24, 2.45) is 0 Å². The molecule has 168 valence electrons. The minimum absolute atomic E-state index is 0.240. The van der Waals surface area contributed by atoms with Crippen LogP contribution >= 0.6 is 11.6 Å². The Hall–Kier alpha value is -2.09. The van der Waals surface area contributed by atoms with Crippen LogP contribution in [0.1, 0.15) is 43.7 Å². The number of amides is 1. The van der Waals surface area contributed by atoms with Gasteiger partial charge in [0, 0.05) is 23.8 Å². The molecule has 0 saturated carbocycles. The number of nitrogens with zero attached hydrogens (tertiary/aromatic N) is 1. The number of benzene rings is 2. The van der Waals surface area contributed by atoms with Gasteiger partial charge in [0.15, 0.2) is 6.10 Å². The molecule has 0 aromatic heterocycles. The van der Waals surface area contributed by atoms with Gasteiger partial charge in [-0.15, -0.1) is 0 Å². The van der Waals surface area contributed by atoms with Crippen LogP contribution in [-0.2, 0) is 14.8 Å².